The Morgan fingerprint density at radius 2 is 1.73 bits per heavy atom. The molecule has 2 aromatic carbocycles. The predicted octanol–water partition coefficient (Wildman–Crippen LogP) is 2.64. The van der Waals surface area contributed by atoms with Gasteiger partial charge in [-0.1, -0.05) is 60.3 Å². The summed E-state index contributed by atoms with van der Waals surface area (Å²) in [5, 5.41) is 12.2. The van der Waals surface area contributed by atoms with E-state index in [1.165, 1.54) is 11.8 Å². The van der Waals surface area contributed by atoms with E-state index in [9.17, 15) is 14.4 Å². The van der Waals surface area contributed by atoms with Crippen molar-refractivity contribution < 1.29 is 14.4 Å². The van der Waals surface area contributed by atoms with Crippen LogP contribution in [0.2, 0.25) is 0 Å². The van der Waals surface area contributed by atoms with Gasteiger partial charge in [0.15, 0.2) is 5.16 Å². The summed E-state index contributed by atoms with van der Waals surface area (Å²) >= 11 is 1.17. The second kappa shape index (κ2) is 9.45. The first kappa shape index (κ1) is 22.5. The van der Waals surface area contributed by atoms with Gasteiger partial charge in [0.05, 0.1) is 5.75 Å². The van der Waals surface area contributed by atoms with E-state index in [0.717, 1.165) is 16.3 Å². The maximum atomic E-state index is 12.9. The van der Waals surface area contributed by atoms with Gasteiger partial charge in [-0.25, -0.2) is 4.79 Å². The lowest BCUT2D eigenvalue weighted by molar-refractivity contribution is -0.138. The highest BCUT2D eigenvalue weighted by molar-refractivity contribution is 7.99. The molecule has 0 aliphatic carbocycles. The summed E-state index contributed by atoms with van der Waals surface area (Å²) in [6, 6.07) is 18.6. The quantitative estimate of drug-likeness (QED) is 0.392. The molecule has 1 aliphatic heterocycles. The Bertz CT molecular complexity index is 1170. The minimum atomic E-state index is -1.09. The number of benzene rings is 2. The number of aryl methyl sites for hydroxylation is 2. The summed E-state index contributed by atoms with van der Waals surface area (Å²) in [6.45, 7) is 3.50. The van der Waals surface area contributed by atoms with Crippen LogP contribution >= 0.6 is 11.8 Å². The van der Waals surface area contributed by atoms with E-state index in [4.69, 9.17) is 0 Å². The second-order valence-corrected chi connectivity index (χ2v) is 8.86. The van der Waals surface area contributed by atoms with Crippen LogP contribution < -0.4 is 10.7 Å². The number of imide groups is 1. The van der Waals surface area contributed by atoms with Gasteiger partial charge in [-0.15, -0.1) is 10.2 Å². The lowest BCUT2D eigenvalue weighted by Crippen LogP contribution is -2.49. The SMILES string of the molecule is Cc1nnc(SCC(=O)NN2C(=O)N[C@@](C)(CCc3ccccc3)C2=O)n1-c1ccccc1. The van der Waals surface area contributed by atoms with Crippen molar-refractivity contribution >= 4 is 29.6 Å². The summed E-state index contributed by atoms with van der Waals surface area (Å²) in [6.07, 6.45) is 1.04. The van der Waals surface area contributed by atoms with Crippen LogP contribution in [0.15, 0.2) is 65.8 Å². The van der Waals surface area contributed by atoms with Crippen LogP contribution in [0.4, 0.5) is 4.79 Å². The molecule has 1 aliphatic rings. The van der Waals surface area contributed by atoms with Crippen molar-refractivity contribution in [2.24, 2.45) is 0 Å². The molecule has 1 saturated heterocycles. The molecule has 3 aromatic rings. The number of urea groups is 1. The Hall–Kier alpha value is -3.66. The zero-order valence-electron chi connectivity index (χ0n) is 18.3. The monoisotopic (exact) mass is 464 g/mol. The third-order valence-corrected chi connectivity index (χ3v) is 6.32. The molecule has 1 atom stereocenters. The van der Waals surface area contributed by atoms with Crippen molar-refractivity contribution in [2.45, 2.75) is 37.4 Å². The number of carbonyl (C=O) groups is 3. The second-order valence-electron chi connectivity index (χ2n) is 7.91. The molecule has 0 unspecified atom stereocenters. The average Bonchev–Trinajstić information content (AvgIpc) is 3.29. The highest BCUT2D eigenvalue weighted by Crippen LogP contribution is 2.24. The van der Waals surface area contributed by atoms with E-state index in [2.05, 4.69) is 20.9 Å². The van der Waals surface area contributed by atoms with Gasteiger partial charge in [0.1, 0.15) is 11.4 Å². The number of hydrazine groups is 1. The van der Waals surface area contributed by atoms with E-state index < -0.39 is 23.4 Å². The number of carbonyl (C=O) groups excluding carboxylic acids is 3. The zero-order chi connectivity index (χ0) is 23.4. The summed E-state index contributed by atoms with van der Waals surface area (Å²) in [4.78, 5) is 37.9. The van der Waals surface area contributed by atoms with Crippen molar-refractivity contribution in [3.63, 3.8) is 0 Å². The minimum absolute atomic E-state index is 0.0389. The summed E-state index contributed by atoms with van der Waals surface area (Å²) in [5.74, 6) is -0.323. The molecule has 0 radical (unpaired) electrons. The van der Waals surface area contributed by atoms with Crippen LogP contribution in [0.5, 0.6) is 0 Å². The highest BCUT2D eigenvalue weighted by Gasteiger charge is 2.48. The summed E-state index contributed by atoms with van der Waals surface area (Å²) in [7, 11) is 0. The standard InChI is InChI=1S/C23H24N6O3S/c1-16-25-26-22(28(16)18-11-7-4-8-12-18)33-15-19(30)27-29-20(31)23(2,24-21(29)32)14-13-17-9-5-3-6-10-17/h3-12H,13-15H2,1-2H3,(H,24,32)(H,27,30)/t23-/m0/s1. The van der Waals surface area contributed by atoms with Gasteiger partial charge in [0.2, 0.25) is 5.91 Å². The highest BCUT2D eigenvalue weighted by atomic mass is 32.2. The van der Waals surface area contributed by atoms with Crippen LogP contribution in [-0.2, 0) is 16.0 Å². The molecule has 2 heterocycles. The Balaban J connectivity index is 1.36. The van der Waals surface area contributed by atoms with Gasteiger partial charge in [-0.2, -0.15) is 5.01 Å². The van der Waals surface area contributed by atoms with E-state index in [0.29, 0.717) is 23.8 Å². The lowest BCUT2D eigenvalue weighted by atomic mass is 9.93. The van der Waals surface area contributed by atoms with Gasteiger partial charge in [-0.3, -0.25) is 19.6 Å². The molecule has 0 bridgehead atoms. The number of hydrogen-bond acceptors (Lipinski definition) is 6. The molecule has 4 rings (SSSR count). The maximum Gasteiger partial charge on any atom is 0.344 e. The van der Waals surface area contributed by atoms with Crippen LogP contribution in [-0.4, -0.2) is 48.9 Å². The molecule has 9 nitrogen and oxygen atoms in total. The number of thioether (sulfide) groups is 1. The third-order valence-electron chi connectivity index (χ3n) is 5.40. The van der Waals surface area contributed by atoms with E-state index in [1.54, 1.807) is 6.92 Å². The molecule has 4 amide bonds. The van der Waals surface area contributed by atoms with Crippen LogP contribution in [0.3, 0.4) is 0 Å². The first-order valence-corrected chi connectivity index (χ1v) is 11.5. The van der Waals surface area contributed by atoms with Crippen molar-refractivity contribution in [3.05, 3.63) is 72.1 Å². The number of rotatable bonds is 8. The maximum absolute atomic E-state index is 12.9. The average molecular weight is 465 g/mol. The van der Waals surface area contributed by atoms with Gasteiger partial charge in [0.25, 0.3) is 5.91 Å². The van der Waals surface area contributed by atoms with Crippen molar-refractivity contribution in [1.82, 2.24) is 30.5 Å². The molecule has 170 valence electrons. The van der Waals surface area contributed by atoms with Crippen molar-refractivity contribution in [1.29, 1.82) is 0 Å². The number of para-hydroxylation sites is 1. The third kappa shape index (κ3) is 4.90. The van der Waals surface area contributed by atoms with Gasteiger partial charge in [-0.05, 0) is 44.4 Å². The topological polar surface area (TPSA) is 109 Å². The number of amides is 4. The Morgan fingerprint density at radius 3 is 2.42 bits per heavy atom. The molecule has 10 heteroatoms. The first-order valence-electron chi connectivity index (χ1n) is 10.5. The molecule has 1 fully saturated rings. The largest absolute Gasteiger partial charge is 0.344 e. The molecular weight excluding hydrogens is 440 g/mol. The lowest BCUT2D eigenvalue weighted by Gasteiger charge is -2.21. The van der Waals surface area contributed by atoms with Crippen LogP contribution in [0, 0.1) is 6.92 Å². The fourth-order valence-electron chi connectivity index (χ4n) is 3.59. The van der Waals surface area contributed by atoms with E-state index in [-0.39, 0.29) is 5.75 Å². The normalized spacial score (nSPS) is 17.8. The summed E-state index contributed by atoms with van der Waals surface area (Å²) < 4.78 is 1.84. The first-order chi connectivity index (χ1) is 15.9. The fourth-order valence-corrected chi connectivity index (χ4v) is 4.38. The number of aromatic nitrogens is 3. The molecule has 33 heavy (non-hydrogen) atoms. The number of nitrogens with one attached hydrogen (secondary N) is 2. The minimum Gasteiger partial charge on any atom is -0.322 e. The van der Waals surface area contributed by atoms with Crippen LogP contribution in [0.25, 0.3) is 5.69 Å². The predicted molar refractivity (Wildman–Crippen MR) is 124 cm³/mol. The molecule has 2 N–H and O–H groups in total. The smallest absolute Gasteiger partial charge is 0.322 e. The molecule has 1 aromatic heterocycles. The zero-order valence-corrected chi connectivity index (χ0v) is 19.1. The van der Waals surface area contributed by atoms with Crippen molar-refractivity contribution in [2.75, 3.05) is 5.75 Å². The number of hydrogen-bond donors (Lipinski definition) is 2. The fraction of sp³-hybridized carbons (Fsp3) is 0.261. The molecule has 0 saturated carbocycles. The Labute approximate surface area is 195 Å². The van der Waals surface area contributed by atoms with Gasteiger partial charge < -0.3 is 5.32 Å². The molecular formula is C23H24N6O3S. The van der Waals surface area contributed by atoms with Crippen LogP contribution in [0.1, 0.15) is 24.7 Å². The Kier molecular flexibility index (Phi) is 6.45. The van der Waals surface area contributed by atoms with E-state index in [1.807, 2.05) is 72.2 Å². The summed E-state index contributed by atoms with van der Waals surface area (Å²) in [5.41, 5.74) is 3.29. The number of nitrogens with zero attached hydrogens (tertiary/aromatic N) is 4. The molecule has 0 spiro atoms. The van der Waals surface area contributed by atoms with E-state index >= 15 is 0 Å². The Morgan fingerprint density at radius 1 is 1.06 bits per heavy atom. The van der Waals surface area contributed by atoms with Gasteiger partial charge in [0, 0.05) is 5.69 Å². The van der Waals surface area contributed by atoms with Gasteiger partial charge >= 0.3 is 6.03 Å². The van der Waals surface area contributed by atoms with Crippen molar-refractivity contribution in [3.8, 4) is 5.69 Å².